The molecular formula is C19H21F6N5O4S. The Bertz CT molecular complexity index is 1070. The summed E-state index contributed by atoms with van der Waals surface area (Å²) in [6.45, 7) is 2.03. The SMILES string of the molecule is CC(COCCC(=O)N1CCC(Oc2ncc(C(F)(F)F)s2)C1)Nc1cn[nH]c(=O)c1C(F)(F)F. The number of H-pyrrole nitrogens is 1. The molecule has 2 atom stereocenters. The molecule has 2 N–H and O–H groups in total. The number of aromatic amines is 1. The number of carbonyl (C=O) groups is 1. The van der Waals surface area contributed by atoms with Crippen LogP contribution in [0.15, 0.2) is 17.2 Å². The van der Waals surface area contributed by atoms with Gasteiger partial charge in [0.2, 0.25) is 5.91 Å². The molecule has 0 bridgehead atoms. The van der Waals surface area contributed by atoms with E-state index >= 15 is 0 Å². The van der Waals surface area contributed by atoms with Crippen molar-refractivity contribution in [1.82, 2.24) is 20.1 Å². The Balaban J connectivity index is 1.39. The van der Waals surface area contributed by atoms with E-state index in [1.54, 1.807) is 5.10 Å². The van der Waals surface area contributed by atoms with Crippen LogP contribution in [0.2, 0.25) is 0 Å². The van der Waals surface area contributed by atoms with Crippen molar-refractivity contribution in [3.63, 3.8) is 0 Å². The highest BCUT2D eigenvalue weighted by molar-refractivity contribution is 7.13. The molecule has 3 rings (SSSR count). The summed E-state index contributed by atoms with van der Waals surface area (Å²) in [5.41, 5.74) is -3.25. The van der Waals surface area contributed by atoms with E-state index in [0.29, 0.717) is 30.5 Å². The summed E-state index contributed by atoms with van der Waals surface area (Å²) < 4.78 is 88.0. The normalized spacial score (nSPS) is 17.5. The molecule has 3 heterocycles. The summed E-state index contributed by atoms with van der Waals surface area (Å²) in [7, 11) is 0. The second kappa shape index (κ2) is 10.8. The fourth-order valence-corrected chi connectivity index (χ4v) is 4.01. The van der Waals surface area contributed by atoms with E-state index in [0.717, 1.165) is 6.20 Å². The Morgan fingerprint density at radius 1 is 1.29 bits per heavy atom. The van der Waals surface area contributed by atoms with Gasteiger partial charge < -0.3 is 19.7 Å². The maximum absolute atomic E-state index is 13.1. The van der Waals surface area contributed by atoms with Crippen molar-refractivity contribution in [2.75, 3.05) is 31.6 Å². The van der Waals surface area contributed by atoms with Crippen molar-refractivity contribution < 1.29 is 40.6 Å². The quantitative estimate of drug-likeness (QED) is 0.380. The van der Waals surface area contributed by atoms with Gasteiger partial charge in [0.25, 0.3) is 10.8 Å². The highest BCUT2D eigenvalue weighted by Gasteiger charge is 2.38. The van der Waals surface area contributed by atoms with Crippen molar-refractivity contribution >= 4 is 22.9 Å². The molecule has 1 fully saturated rings. The third kappa shape index (κ3) is 7.30. The smallest absolute Gasteiger partial charge is 0.427 e. The number of ether oxygens (including phenoxy) is 2. The Morgan fingerprint density at radius 2 is 2.03 bits per heavy atom. The molecule has 0 radical (unpaired) electrons. The van der Waals surface area contributed by atoms with Gasteiger partial charge in [0.15, 0.2) is 0 Å². The average molecular weight is 529 g/mol. The van der Waals surface area contributed by atoms with E-state index in [1.165, 1.54) is 11.8 Å². The number of anilines is 1. The van der Waals surface area contributed by atoms with Gasteiger partial charge in [0, 0.05) is 19.0 Å². The number of halogens is 6. The summed E-state index contributed by atoms with van der Waals surface area (Å²) in [4.78, 5) is 28.1. The molecule has 9 nitrogen and oxygen atoms in total. The molecular weight excluding hydrogens is 508 g/mol. The summed E-state index contributed by atoms with van der Waals surface area (Å²) in [5, 5.41) is 7.51. The summed E-state index contributed by atoms with van der Waals surface area (Å²) in [5.74, 6) is -0.259. The van der Waals surface area contributed by atoms with E-state index in [9.17, 15) is 35.9 Å². The fourth-order valence-electron chi connectivity index (χ4n) is 3.31. The van der Waals surface area contributed by atoms with Gasteiger partial charge in [-0.3, -0.25) is 9.59 Å². The average Bonchev–Trinajstić information content (AvgIpc) is 3.40. The number of alkyl halides is 6. The van der Waals surface area contributed by atoms with Gasteiger partial charge in [-0.15, -0.1) is 0 Å². The first-order chi connectivity index (χ1) is 16.3. The van der Waals surface area contributed by atoms with Gasteiger partial charge >= 0.3 is 12.4 Å². The summed E-state index contributed by atoms with van der Waals surface area (Å²) in [6.07, 6.45) is -7.88. The molecule has 0 aromatic carbocycles. The van der Waals surface area contributed by atoms with Crippen LogP contribution in [0.3, 0.4) is 0 Å². The second-order valence-corrected chi connectivity index (χ2v) is 8.71. The van der Waals surface area contributed by atoms with Gasteiger partial charge in [-0.05, 0) is 6.92 Å². The zero-order valence-corrected chi connectivity index (χ0v) is 19.0. The predicted octanol–water partition coefficient (Wildman–Crippen LogP) is 3.15. The number of hydrogen-bond donors (Lipinski definition) is 2. The van der Waals surface area contributed by atoms with Gasteiger partial charge in [0.05, 0.1) is 44.3 Å². The molecule has 35 heavy (non-hydrogen) atoms. The van der Waals surface area contributed by atoms with E-state index in [1.807, 2.05) is 0 Å². The zero-order valence-electron chi connectivity index (χ0n) is 18.2. The molecule has 0 aliphatic carbocycles. The molecule has 1 aliphatic heterocycles. The number of nitrogens with one attached hydrogen (secondary N) is 2. The zero-order chi connectivity index (χ0) is 25.8. The van der Waals surface area contributed by atoms with Gasteiger partial charge in [-0.25, -0.2) is 10.1 Å². The lowest BCUT2D eigenvalue weighted by Crippen LogP contribution is -2.32. The van der Waals surface area contributed by atoms with E-state index in [-0.39, 0.29) is 37.3 Å². The van der Waals surface area contributed by atoms with Crippen molar-refractivity contribution in [1.29, 1.82) is 0 Å². The number of hydrogen-bond acceptors (Lipinski definition) is 8. The van der Waals surface area contributed by atoms with Gasteiger partial charge in [0.1, 0.15) is 16.5 Å². The molecule has 2 aromatic heterocycles. The highest BCUT2D eigenvalue weighted by Crippen LogP contribution is 2.36. The highest BCUT2D eigenvalue weighted by atomic mass is 32.1. The number of aromatic nitrogens is 3. The molecule has 0 saturated carbocycles. The fraction of sp³-hybridized carbons (Fsp3) is 0.579. The van der Waals surface area contributed by atoms with Crippen LogP contribution in [0.1, 0.15) is 30.2 Å². The van der Waals surface area contributed by atoms with Crippen LogP contribution in [0, 0.1) is 0 Å². The lowest BCUT2D eigenvalue weighted by atomic mass is 10.2. The predicted molar refractivity (Wildman–Crippen MR) is 111 cm³/mol. The second-order valence-electron chi connectivity index (χ2n) is 7.71. The van der Waals surface area contributed by atoms with Gasteiger partial charge in [-0.2, -0.15) is 31.4 Å². The Kier molecular flexibility index (Phi) is 8.25. The van der Waals surface area contributed by atoms with E-state index in [2.05, 4.69) is 15.4 Å². The van der Waals surface area contributed by atoms with Crippen molar-refractivity contribution in [3.05, 3.63) is 33.2 Å². The topological polar surface area (TPSA) is 109 Å². The van der Waals surface area contributed by atoms with Crippen molar-refractivity contribution in [2.45, 2.75) is 44.3 Å². The minimum absolute atomic E-state index is 0.00469. The lowest BCUT2D eigenvalue weighted by molar-refractivity contribution is -0.138. The molecule has 1 aliphatic rings. The molecule has 2 unspecified atom stereocenters. The van der Waals surface area contributed by atoms with Crippen molar-refractivity contribution in [2.24, 2.45) is 0 Å². The van der Waals surface area contributed by atoms with E-state index < -0.39 is 46.2 Å². The minimum atomic E-state index is -4.87. The third-order valence-corrected chi connectivity index (χ3v) is 5.83. The number of likely N-dealkylation sites (tertiary alicyclic amines) is 1. The number of thiazole rings is 1. The standard InChI is InChI=1S/C19H21F6N5O4S/c1-10(28-12-6-27-29-16(32)15(12)19(23,24)25)9-33-5-3-14(31)30-4-2-11(8-30)34-17-26-7-13(35-17)18(20,21)22/h6-7,10-11H,2-5,8-9H2,1H3,(H2,28,29,32). The molecule has 16 heteroatoms. The Labute approximate surface area is 198 Å². The Hall–Kier alpha value is -2.88. The maximum Gasteiger partial charge on any atom is 0.427 e. The largest absolute Gasteiger partial charge is 0.465 e. The third-order valence-electron chi connectivity index (χ3n) is 4.90. The summed E-state index contributed by atoms with van der Waals surface area (Å²) >= 11 is 0.386. The number of rotatable bonds is 9. The number of carbonyl (C=O) groups excluding carboxylic acids is 1. The van der Waals surface area contributed by atoms with Crippen LogP contribution in [0.5, 0.6) is 5.19 Å². The maximum atomic E-state index is 13.1. The number of amides is 1. The van der Waals surface area contributed by atoms with Crippen LogP contribution in [0.4, 0.5) is 32.0 Å². The number of nitrogens with zero attached hydrogens (tertiary/aromatic N) is 3. The minimum Gasteiger partial charge on any atom is -0.465 e. The van der Waals surface area contributed by atoms with Crippen LogP contribution in [-0.2, 0) is 21.9 Å². The summed E-state index contributed by atoms with van der Waals surface area (Å²) in [6, 6.07) is -0.626. The van der Waals surface area contributed by atoms with Gasteiger partial charge in [-0.1, -0.05) is 11.3 Å². The monoisotopic (exact) mass is 529 g/mol. The van der Waals surface area contributed by atoms with E-state index in [4.69, 9.17) is 9.47 Å². The van der Waals surface area contributed by atoms with Crippen LogP contribution in [-0.4, -0.2) is 64.4 Å². The molecule has 1 saturated heterocycles. The van der Waals surface area contributed by atoms with Crippen LogP contribution >= 0.6 is 11.3 Å². The first kappa shape index (κ1) is 26.7. The molecule has 194 valence electrons. The Morgan fingerprint density at radius 3 is 2.69 bits per heavy atom. The molecule has 0 spiro atoms. The molecule has 1 amide bonds. The van der Waals surface area contributed by atoms with Crippen molar-refractivity contribution in [3.8, 4) is 5.19 Å². The van der Waals surface area contributed by atoms with Crippen LogP contribution in [0.25, 0.3) is 0 Å². The van der Waals surface area contributed by atoms with Crippen LogP contribution < -0.4 is 15.6 Å². The first-order valence-corrected chi connectivity index (χ1v) is 11.1. The first-order valence-electron chi connectivity index (χ1n) is 10.3. The lowest BCUT2D eigenvalue weighted by Gasteiger charge is -2.19. The molecule has 2 aromatic rings.